The van der Waals surface area contributed by atoms with Gasteiger partial charge in [0.15, 0.2) is 0 Å². The summed E-state index contributed by atoms with van der Waals surface area (Å²) >= 11 is 0. The van der Waals surface area contributed by atoms with Gasteiger partial charge in [-0.25, -0.2) is 8.42 Å². The van der Waals surface area contributed by atoms with E-state index in [0.717, 1.165) is 0 Å². The van der Waals surface area contributed by atoms with E-state index in [2.05, 4.69) is 15.2 Å². The molecular formula is C20H22N4O5S. The van der Waals surface area contributed by atoms with Crippen LogP contribution in [0.3, 0.4) is 0 Å². The molecule has 30 heavy (non-hydrogen) atoms. The number of amides is 1. The Hall–Kier alpha value is -2.95. The minimum atomic E-state index is -3.73. The molecule has 0 unspecified atom stereocenters. The maximum atomic E-state index is 13.0. The molecule has 1 saturated heterocycles. The average Bonchev–Trinajstić information content (AvgIpc) is 3.26. The average molecular weight is 430 g/mol. The molecule has 1 aromatic carbocycles. The van der Waals surface area contributed by atoms with Crippen LogP contribution in [0.15, 0.2) is 56.9 Å². The molecule has 1 aliphatic rings. The molecule has 0 radical (unpaired) electrons. The van der Waals surface area contributed by atoms with Gasteiger partial charge in [-0.1, -0.05) is 0 Å². The van der Waals surface area contributed by atoms with Crippen LogP contribution in [-0.4, -0.2) is 61.7 Å². The van der Waals surface area contributed by atoms with Crippen molar-refractivity contribution in [2.45, 2.75) is 11.4 Å². The number of fused-ring (bicyclic) bond motifs is 1. The predicted octanol–water partition coefficient (Wildman–Crippen LogP) is 0.987. The van der Waals surface area contributed by atoms with Crippen LogP contribution in [0, 0.1) is 0 Å². The molecule has 2 N–H and O–H groups in total. The van der Waals surface area contributed by atoms with Crippen LogP contribution in [0.4, 0.5) is 0 Å². The predicted molar refractivity (Wildman–Crippen MR) is 111 cm³/mol. The number of rotatable bonds is 5. The van der Waals surface area contributed by atoms with Crippen LogP contribution in [0.2, 0.25) is 0 Å². The van der Waals surface area contributed by atoms with Crippen LogP contribution in [0.5, 0.6) is 0 Å². The van der Waals surface area contributed by atoms with E-state index in [1.54, 1.807) is 18.2 Å². The van der Waals surface area contributed by atoms with Crippen molar-refractivity contribution in [3.8, 4) is 0 Å². The number of nitrogens with zero attached hydrogens (tertiary/aromatic N) is 2. The quantitative estimate of drug-likeness (QED) is 0.624. The van der Waals surface area contributed by atoms with Gasteiger partial charge in [0.1, 0.15) is 11.3 Å². The number of hydrogen-bond acceptors (Lipinski definition) is 6. The number of sulfonamides is 1. The molecule has 4 rings (SSSR count). The largest absolute Gasteiger partial charge is 0.467 e. The van der Waals surface area contributed by atoms with E-state index < -0.39 is 21.4 Å². The topological polar surface area (TPSA) is 116 Å². The number of aromatic amines is 1. The molecule has 10 heteroatoms. The maximum absolute atomic E-state index is 13.0. The second-order valence-electron chi connectivity index (χ2n) is 7.21. The minimum absolute atomic E-state index is 0.0400. The Bertz CT molecular complexity index is 1230. The third-order valence-corrected chi connectivity index (χ3v) is 7.09. The zero-order chi connectivity index (χ0) is 21.3. The van der Waals surface area contributed by atoms with E-state index in [4.69, 9.17) is 4.42 Å². The summed E-state index contributed by atoms with van der Waals surface area (Å²) in [5, 5.41) is 2.77. The normalized spacial score (nSPS) is 16.0. The fourth-order valence-electron chi connectivity index (χ4n) is 3.38. The number of carbonyl (C=O) groups is 1. The van der Waals surface area contributed by atoms with Crippen molar-refractivity contribution in [1.82, 2.24) is 19.5 Å². The number of hydrogen-bond donors (Lipinski definition) is 2. The molecule has 2 aromatic heterocycles. The lowest BCUT2D eigenvalue weighted by Gasteiger charge is -2.31. The molecule has 3 aromatic rings. The van der Waals surface area contributed by atoms with E-state index in [9.17, 15) is 18.0 Å². The molecule has 1 fully saturated rings. The highest BCUT2D eigenvalue weighted by Crippen LogP contribution is 2.20. The maximum Gasteiger partial charge on any atom is 0.257 e. The number of nitrogens with one attached hydrogen (secondary N) is 2. The molecule has 0 aliphatic carbocycles. The zero-order valence-electron chi connectivity index (χ0n) is 16.4. The molecule has 0 atom stereocenters. The van der Waals surface area contributed by atoms with Crippen LogP contribution in [0.25, 0.3) is 10.9 Å². The first-order chi connectivity index (χ1) is 14.4. The van der Waals surface area contributed by atoms with Gasteiger partial charge in [0.2, 0.25) is 15.5 Å². The molecular weight excluding hydrogens is 408 g/mol. The van der Waals surface area contributed by atoms with Crippen molar-refractivity contribution in [2.75, 3.05) is 33.2 Å². The van der Waals surface area contributed by atoms with Gasteiger partial charge in [-0.3, -0.25) is 9.59 Å². The lowest BCUT2D eigenvalue weighted by atomic mass is 10.1. The smallest absolute Gasteiger partial charge is 0.257 e. The second-order valence-corrected chi connectivity index (χ2v) is 9.15. The molecule has 0 saturated carbocycles. The van der Waals surface area contributed by atoms with E-state index >= 15 is 0 Å². The van der Waals surface area contributed by atoms with Crippen molar-refractivity contribution in [3.63, 3.8) is 0 Å². The Morgan fingerprint density at radius 2 is 1.97 bits per heavy atom. The van der Waals surface area contributed by atoms with Crippen molar-refractivity contribution >= 4 is 26.8 Å². The number of aromatic nitrogens is 1. The number of pyridine rings is 1. The molecule has 158 valence electrons. The molecule has 0 spiro atoms. The van der Waals surface area contributed by atoms with Crippen LogP contribution in [0.1, 0.15) is 16.1 Å². The summed E-state index contributed by atoms with van der Waals surface area (Å²) in [7, 11) is -1.78. The number of H-pyrrole nitrogens is 1. The summed E-state index contributed by atoms with van der Waals surface area (Å²) in [6.45, 7) is 2.22. The number of carbonyl (C=O) groups excluding carboxylic acids is 1. The van der Waals surface area contributed by atoms with Gasteiger partial charge in [-0.05, 0) is 37.4 Å². The summed E-state index contributed by atoms with van der Waals surface area (Å²) in [5.41, 5.74) is -0.167. The molecule has 1 aliphatic heterocycles. The SMILES string of the molecule is CN1CCN(S(=O)(=O)c2ccc3[nH]cc(C(=O)NCc4ccco4)c(=O)c3c2)CC1. The van der Waals surface area contributed by atoms with Crippen LogP contribution >= 0.6 is 0 Å². The molecule has 9 nitrogen and oxygen atoms in total. The van der Waals surface area contributed by atoms with Crippen LogP contribution < -0.4 is 10.7 Å². The summed E-state index contributed by atoms with van der Waals surface area (Å²) in [6.07, 6.45) is 2.82. The molecule has 3 heterocycles. The van der Waals surface area contributed by atoms with Gasteiger partial charge >= 0.3 is 0 Å². The van der Waals surface area contributed by atoms with Gasteiger partial charge in [0.25, 0.3) is 5.91 Å². The standard InChI is InChI=1S/C20H22N4O5S/c1-23-6-8-24(9-7-23)30(27,28)15-4-5-18-16(11-15)19(25)17(13-21-18)20(26)22-12-14-3-2-10-29-14/h2-5,10-11,13H,6-9,12H2,1H3,(H,21,25)(H,22,26). The fraction of sp³-hybridized carbons (Fsp3) is 0.300. The third kappa shape index (κ3) is 3.89. The minimum Gasteiger partial charge on any atom is -0.467 e. The van der Waals surface area contributed by atoms with E-state index in [1.807, 2.05) is 7.05 Å². The first-order valence-electron chi connectivity index (χ1n) is 9.51. The summed E-state index contributed by atoms with van der Waals surface area (Å²) in [5.74, 6) is -0.0111. The Balaban J connectivity index is 1.64. The lowest BCUT2D eigenvalue weighted by Crippen LogP contribution is -2.47. The van der Waals surface area contributed by atoms with E-state index in [0.29, 0.717) is 37.5 Å². The van der Waals surface area contributed by atoms with Gasteiger partial charge in [0.05, 0.1) is 17.7 Å². The van der Waals surface area contributed by atoms with E-state index in [1.165, 1.54) is 28.9 Å². The van der Waals surface area contributed by atoms with Gasteiger partial charge < -0.3 is 19.6 Å². The summed E-state index contributed by atoms with van der Waals surface area (Å²) < 4.78 is 32.6. The van der Waals surface area contributed by atoms with Crippen molar-refractivity contribution in [2.24, 2.45) is 0 Å². The Morgan fingerprint density at radius 3 is 2.67 bits per heavy atom. The van der Waals surface area contributed by atoms with Gasteiger partial charge in [-0.15, -0.1) is 0 Å². The Morgan fingerprint density at radius 1 is 1.20 bits per heavy atom. The summed E-state index contributed by atoms with van der Waals surface area (Å²) in [6, 6.07) is 7.77. The second kappa shape index (κ2) is 8.05. The zero-order valence-corrected chi connectivity index (χ0v) is 17.2. The van der Waals surface area contributed by atoms with Crippen molar-refractivity contribution < 1.29 is 17.6 Å². The van der Waals surface area contributed by atoms with Crippen molar-refractivity contribution in [3.05, 3.63) is 64.3 Å². The highest BCUT2D eigenvalue weighted by molar-refractivity contribution is 7.89. The Labute approximate surface area is 173 Å². The van der Waals surface area contributed by atoms with E-state index in [-0.39, 0.29) is 22.4 Å². The van der Waals surface area contributed by atoms with Crippen molar-refractivity contribution in [1.29, 1.82) is 0 Å². The fourth-order valence-corrected chi connectivity index (χ4v) is 4.83. The number of benzene rings is 1. The number of furan rings is 1. The summed E-state index contributed by atoms with van der Waals surface area (Å²) in [4.78, 5) is 30.4. The Kier molecular flexibility index (Phi) is 5.46. The van der Waals surface area contributed by atoms with Crippen LogP contribution in [-0.2, 0) is 16.6 Å². The lowest BCUT2D eigenvalue weighted by molar-refractivity contribution is 0.0947. The third-order valence-electron chi connectivity index (χ3n) is 5.20. The number of likely N-dealkylation sites (N-methyl/N-ethyl adjacent to an activating group) is 1. The monoisotopic (exact) mass is 430 g/mol. The first-order valence-corrected chi connectivity index (χ1v) is 10.9. The van der Waals surface area contributed by atoms with Gasteiger partial charge in [0, 0.05) is 43.3 Å². The first kappa shape index (κ1) is 20.3. The highest BCUT2D eigenvalue weighted by atomic mass is 32.2. The molecule has 1 amide bonds. The number of piperazine rings is 1. The van der Waals surface area contributed by atoms with Gasteiger partial charge in [-0.2, -0.15) is 4.31 Å². The highest BCUT2D eigenvalue weighted by Gasteiger charge is 2.28. The molecule has 0 bridgehead atoms.